The molecule has 0 radical (unpaired) electrons. The van der Waals surface area contributed by atoms with E-state index in [0.717, 1.165) is 43.6 Å². The van der Waals surface area contributed by atoms with Gasteiger partial charge in [-0.25, -0.2) is 4.98 Å². The van der Waals surface area contributed by atoms with Crippen LogP contribution < -0.4 is 5.32 Å². The molecule has 1 aliphatic rings. The molecule has 0 bridgehead atoms. The quantitative estimate of drug-likeness (QED) is 0.468. The zero-order chi connectivity index (χ0) is 15.8. The average molecular weight is 326 g/mol. The average Bonchev–Trinajstić information content (AvgIpc) is 3.14. The molecule has 1 aromatic rings. The monoisotopic (exact) mass is 326 g/mol. The van der Waals surface area contributed by atoms with Crippen LogP contribution >= 0.6 is 11.3 Å². The smallest absolute Gasteiger partial charge is 0.194 e. The van der Waals surface area contributed by atoms with Crippen LogP contribution in [0.15, 0.2) is 11.2 Å². The van der Waals surface area contributed by atoms with Crippen LogP contribution in [0.25, 0.3) is 0 Å². The summed E-state index contributed by atoms with van der Waals surface area (Å²) in [5, 5.41) is 4.50. The highest BCUT2D eigenvalue weighted by Crippen LogP contribution is 2.17. The lowest BCUT2D eigenvalue weighted by molar-refractivity contribution is 0.0536. The van der Waals surface area contributed by atoms with Gasteiger partial charge < -0.3 is 19.7 Å². The summed E-state index contributed by atoms with van der Waals surface area (Å²) >= 11 is 1.72. The number of methoxy groups -OCH3 is 1. The number of hydrogen-bond donors (Lipinski definition) is 1. The number of nitrogens with one attached hydrogen (secondary N) is 1. The van der Waals surface area contributed by atoms with Crippen LogP contribution in [-0.4, -0.2) is 62.9 Å². The number of likely N-dealkylation sites (tertiary alicyclic amines) is 1. The Bertz CT molecular complexity index is 478. The molecule has 1 fully saturated rings. The number of hydrogen-bond acceptors (Lipinski definition) is 5. The summed E-state index contributed by atoms with van der Waals surface area (Å²) in [5.41, 5.74) is 0. The third kappa shape index (κ3) is 5.23. The maximum Gasteiger partial charge on any atom is 0.194 e. The van der Waals surface area contributed by atoms with Crippen molar-refractivity contribution >= 4 is 17.3 Å². The van der Waals surface area contributed by atoms with Crippen LogP contribution in [0.1, 0.15) is 16.3 Å². The van der Waals surface area contributed by atoms with E-state index in [0.29, 0.717) is 19.1 Å². The molecule has 1 unspecified atom stereocenters. The largest absolute Gasteiger partial charge is 0.382 e. The first kappa shape index (κ1) is 17.2. The first-order chi connectivity index (χ1) is 10.7. The van der Waals surface area contributed by atoms with Gasteiger partial charge in [0.15, 0.2) is 5.96 Å². The second-order valence-electron chi connectivity index (χ2n) is 5.43. The normalized spacial score (nSPS) is 19.0. The van der Waals surface area contributed by atoms with Gasteiger partial charge in [-0.05, 0) is 13.3 Å². The number of thiazole rings is 1. The van der Waals surface area contributed by atoms with E-state index >= 15 is 0 Å². The molecule has 1 N–H and O–H groups in total. The Morgan fingerprint density at radius 1 is 1.55 bits per heavy atom. The first-order valence-corrected chi connectivity index (χ1v) is 8.48. The molecule has 1 saturated heterocycles. The van der Waals surface area contributed by atoms with E-state index in [4.69, 9.17) is 9.47 Å². The SMILES string of the molecule is CN=C(NCc1ncc(C)s1)N1CCC(COCCOC)C1. The predicted molar refractivity (Wildman–Crippen MR) is 89.4 cm³/mol. The van der Waals surface area contributed by atoms with Crippen molar-refractivity contribution in [2.45, 2.75) is 19.9 Å². The van der Waals surface area contributed by atoms with Crippen LogP contribution in [0, 0.1) is 12.8 Å². The number of ether oxygens (including phenoxy) is 2. The van der Waals surface area contributed by atoms with Crippen molar-refractivity contribution in [1.29, 1.82) is 0 Å². The third-order valence-electron chi connectivity index (χ3n) is 3.65. The van der Waals surface area contributed by atoms with Crippen molar-refractivity contribution in [1.82, 2.24) is 15.2 Å². The summed E-state index contributed by atoms with van der Waals surface area (Å²) in [6, 6.07) is 0. The lowest BCUT2D eigenvalue weighted by Crippen LogP contribution is -2.39. The highest BCUT2D eigenvalue weighted by Gasteiger charge is 2.24. The summed E-state index contributed by atoms with van der Waals surface area (Å²) in [7, 11) is 3.53. The van der Waals surface area contributed by atoms with Gasteiger partial charge in [0.1, 0.15) is 5.01 Å². The minimum absolute atomic E-state index is 0.567. The lowest BCUT2D eigenvalue weighted by atomic mass is 10.1. The molecule has 1 atom stereocenters. The third-order valence-corrected chi connectivity index (χ3v) is 4.56. The molecule has 0 spiro atoms. The second-order valence-corrected chi connectivity index (χ2v) is 6.75. The topological polar surface area (TPSA) is 59.0 Å². The van der Waals surface area contributed by atoms with Gasteiger partial charge >= 0.3 is 0 Å². The standard InChI is InChI=1S/C15H26N4O2S/c1-12-8-17-14(22-12)9-18-15(16-2)19-5-4-13(10-19)11-21-7-6-20-3/h8,13H,4-7,9-11H2,1-3H3,(H,16,18). The fraction of sp³-hybridized carbons (Fsp3) is 0.733. The summed E-state index contributed by atoms with van der Waals surface area (Å²) in [4.78, 5) is 12.3. The molecular formula is C15H26N4O2S. The predicted octanol–water partition coefficient (Wildman–Crippen LogP) is 1.51. The van der Waals surface area contributed by atoms with Gasteiger partial charge in [-0.1, -0.05) is 0 Å². The Balaban J connectivity index is 1.73. The summed E-state index contributed by atoms with van der Waals surface area (Å²) in [5.74, 6) is 1.52. The highest BCUT2D eigenvalue weighted by molar-refractivity contribution is 7.11. The number of guanidine groups is 1. The molecule has 7 heteroatoms. The molecule has 0 saturated carbocycles. The molecule has 0 aromatic carbocycles. The van der Waals surface area contributed by atoms with Crippen LogP contribution in [-0.2, 0) is 16.0 Å². The van der Waals surface area contributed by atoms with Gasteiger partial charge in [-0.2, -0.15) is 0 Å². The molecule has 0 amide bonds. The Hall–Kier alpha value is -1.18. The van der Waals surface area contributed by atoms with Gasteiger partial charge in [-0.15, -0.1) is 11.3 Å². The van der Waals surface area contributed by atoms with E-state index in [2.05, 4.69) is 27.1 Å². The van der Waals surface area contributed by atoms with Crippen LogP contribution in [0.3, 0.4) is 0 Å². The van der Waals surface area contributed by atoms with Crippen molar-refractivity contribution in [2.75, 3.05) is 47.1 Å². The number of aryl methyl sites for hydroxylation is 1. The van der Waals surface area contributed by atoms with Gasteiger partial charge in [0, 0.05) is 44.2 Å². The Morgan fingerprint density at radius 3 is 3.09 bits per heavy atom. The van der Waals surface area contributed by atoms with Crippen LogP contribution in [0.5, 0.6) is 0 Å². The number of nitrogens with zero attached hydrogens (tertiary/aromatic N) is 3. The molecule has 1 aromatic heterocycles. The van der Waals surface area contributed by atoms with Gasteiger partial charge in [-0.3, -0.25) is 4.99 Å². The van der Waals surface area contributed by atoms with E-state index in [9.17, 15) is 0 Å². The molecule has 1 aliphatic heterocycles. The summed E-state index contributed by atoms with van der Waals surface area (Å²) in [6.07, 6.45) is 3.05. The van der Waals surface area contributed by atoms with Crippen molar-refractivity contribution in [3.63, 3.8) is 0 Å². The van der Waals surface area contributed by atoms with Crippen molar-refractivity contribution in [3.8, 4) is 0 Å². The van der Waals surface area contributed by atoms with Crippen molar-refractivity contribution in [2.24, 2.45) is 10.9 Å². The Kier molecular flexibility index (Phi) is 7.08. The molecule has 2 heterocycles. The van der Waals surface area contributed by atoms with E-state index in [1.807, 2.05) is 13.2 Å². The fourth-order valence-electron chi connectivity index (χ4n) is 2.52. The van der Waals surface area contributed by atoms with E-state index in [1.165, 1.54) is 4.88 Å². The number of aromatic nitrogens is 1. The zero-order valence-corrected chi connectivity index (χ0v) is 14.5. The van der Waals surface area contributed by atoms with Gasteiger partial charge in [0.25, 0.3) is 0 Å². The molecule has 6 nitrogen and oxygen atoms in total. The van der Waals surface area contributed by atoms with E-state index < -0.39 is 0 Å². The van der Waals surface area contributed by atoms with Crippen LogP contribution in [0.4, 0.5) is 0 Å². The maximum atomic E-state index is 5.63. The van der Waals surface area contributed by atoms with E-state index in [1.54, 1.807) is 18.4 Å². The summed E-state index contributed by atoms with van der Waals surface area (Å²) in [6.45, 7) is 6.94. The maximum absolute atomic E-state index is 5.63. The molecule has 2 rings (SSSR count). The Morgan fingerprint density at radius 2 is 2.41 bits per heavy atom. The fourth-order valence-corrected chi connectivity index (χ4v) is 3.25. The van der Waals surface area contributed by atoms with Crippen molar-refractivity contribution < 1.29 is 9.47 Å². The van der Waals surface area contributed by atoms with Gasteiger partial charge in [0.05, 0.1) is 26.4 Å². The highest BCUT2D eigenvalue weighted by atomic mass is 32.1. The van der Waals surface area contributed by atoms with E-state index in [-0.39, 0.29) is 0 Å². The molecule has 22 heavy (non-hydrogen) atoms. The Labute approximate surface area is 136 Å². The molecule has 124 valence electrons. The summed E-state index contributed by atoms with van der Waals surface area (Å²) < 4.78 is 10.6. The minimum atomic E-state index is 0.567. The van der Waals surface area contributed by atoms with Crippen molar-refractivity contribution in [3.05, 3.63) is 16.1 Å². The molecular weight excluding hydrogens is 300 g/mol. The number of aliphatic imine (C=N–C) groups is 1. The lowest BCUT2D eigenvalue weighted by Gasteiger charge is -2.21. The second kappa shape index (κ2) is 9.07. The minimum Gasteiger partial charge on any atom is -0.382 e. The first-order valence-electron chi connectivity index (χ1n) is 7.66. The molecule has 0 aliphatic carbocycles. The number of rotatable bonds is 7. The van der Waals surface area contributed by atoms with Gasteiger partial charge in [0.2, 0.25) is 0 Å². The zero-order valence-electron chi connectivity index (χ0n) is 13.7. The van der Waals surface area contributed by atoms with Crippen LogP contribution in [0.2, 0.25) is 0 Å².